The van der Waals surface area contributed by atoms with Crippen molar-refractivity contribution in [2.24, 2.45) is 0 Å². The van der Waals surface area contributed by atoms with Gasteiger partial charge in [-0.25, -0.2) is 9.97 Å². The Hall–Kier alpha value is -2.99. The average Bonchev–Trinajstić information content (AvgIpc) is 2.78. The molecular weight excluding hydrogens is 400 g/mol. The predicted molar refractivity (Wildman–Crippen MR) is 131 cm³/mol. The summed E-state index contributed by atoms with van der Waals surface area (Å²) < 4.78 is 0. The molecule has 6 nitrogen and oxygen atoms in total. The largest absolute Gasteiger partial charge is 0.390 e. The number of piperazine rings is 1. The fraction of sp³-hybridized carbons (Fsp3) is 0.423. The van der Waals surface area contributed by atoms with Gasteiger partial charge in [0.15, 0.2) is 5.82 Å². The summed E-state index contributed by atoms with van der Waals surface area (Å²) in [4.78, 5) is 26.7. The van der Waals surface area contributed by atoms with Gasteiger partial charge in [0, 0.05) is 38.6 Å². The number of rotatable bonds is 5. The highest BCUT2D eigenvalue weighted by atomic mass is 16.3. The molecule has 32 heavy (non-hydrogen) atoms. The van der Waals surface area contributed by atoms with Crippen molar-refractivity contribution in [1.29, 1.82) is 0 Å². The lowest BCUT2D eigenvalue weighted by Crippen LogP contribution is -2.50. The molecule has 1 aromatic heterocycles. The molecule has 2 aromatic carbocycles. The van der Waals surface area contributed by atoms with Crippen LogP contribution in [0, 0.1) is 13.8 Å². The number of anilines is 1. The molecule has 0 bridgehead atoms. The Morgan fingerprint density at radius 1 is 1.09 bits per heavy atom. The average molecular weight is 435 g/mol. The van der Waals surface area contributed by atoms with Crippen LogP contribution in [0.1, 0.15) is 39.2 Å². The van der Waals surface area contributed by atoms with Crippen LogP contribution in [0.5, 0.6) is 0 Å². The Morgan fingerprint density at radius 2 is 1.81 bits per heavy atom. The number of benzene rings is 2. The van der Waals surface area contributed by atoms with E-state index in [2.05, 4.69) is 49.1 Å². The van der Waals surface area contributed by atoms with Crippen molar-refractivity contribution in [3.63, 3.8) is 0 Å². The number of hydrogen-bond acceptors (Lipinski definition) is 5. The van der Waals surface area contributed by atoms with Gasteiger partial charge in [-0.3, -0.25) is 4.79 Å². The Balaban J connectivity index is 0.00000306. The SMILES string of the molecule is CCC(C)(O)CC(=O)N1CCN(c2nc(-c3ccccc3C)nc3cc(C)ccc23)CC1.[HH]. The van der Waals surface area contributed by atoms with E-state index < -0.39 is 5.60 Å². The van der Waals surface area contributed by atoms with Crippen LogP contribution >= 0.6 is 0 Å². The van der Waals surface area contributed by atoms with E-state index in [1.54, 1.807) is 6.92 Å². The molecule has 1 aliphatic rings. The van der Waals surface area contributed by atoms with Crippen molar-refractivity contribution in [3.8, 4) is 11.4 Å². The number of aryl methyl sites for hydroxylation is 2. The van der Waals surface area contributed by atoms with Gasteiger partial charge in [0.05, 0.1) is 17.5 Å². The molecule has 1 amide bonds. The third-order valence-electron chi connectivity index (χ3n) is 6.44. The molecule has 1 fully saturated rings. The number of nitrogens with zero attached hydrogens (tertiary/aromatic N) is 4. The standard InChI is InChI=1S/C26H32N4O2.H2/c1-5-26(4,32)17-23(31)29-12-14-30(15-13-29)25-21-11-10-18(2)16-22(21)27-24(28-25)20-9-7-6-8-19(20)3;/h6-11,16,32H,5,12-15,17H2,1-4H3;1H. The van der Waals surface area contributed by atoms with Crippen LogP contribution in [0.2, 0.25) is 0 Å². The first kappa shape index (κ1) is 22.2. The maximum atomic E-state index is 12.7. The number of amides is 1. The molecule has 170 valence electrons. The Kier molecular flexibility index (Phi) is 6.15. The molecule has 0 spiro atoms. The fourth-order valence-corrected chi connectivity index (χ4v) is 4.14. The van der Waals surface area contributed by atoms with E-state index in [0.717, 1.165) is 39.2 Å². The Morgan fingerprint density at radius 3 is 2.50 bits per heavy atom. The maximum Gasteiger partial charge on any atom is 0.225 e. The Labute approximate surface area is 191 Å². The summed E-state index contributed by atoms with van der Waals surface area (Å²) in [5.74, 6) is 1.66. The molecule has 0 aliphatic carbocycles. The lowest BCUT2D eigenvalue weighted by Gasteiger charge is -2.37. The van der Waals surface area contributed by atoms with Gasteiger partial charge in [0.1, 0.15) is 5.82 Å². The van der Waals surface area contributed by atoms with Crippen molar-refractivity contribution in [3.05, 3.63) is 53.6 Å². The number of fused-ring (bicyclic) bond motifs is 1. The molecule has 4 rings (SSSR count). The summed E-state index contributed by atoms with van der Waals surface area (Å²) in [7, 11) is 0. The number of aromatic nitrogens is 2. The van der Waals surface area contributed by atoms with E-state index >= 15 is 0 Å². The number of hydrogen-bond donors (Lipinski definition) is 1. The minimum absolute atomic E-state index is 0. The maximum absolute atomic E-state index is 12.7. The zero-order chi connectivity index (χ0) is 22.9. The molecule has 2 heterocycles. The summed E-state index contributed by atoms with van der Waals surface area (Å²) in [6.45, 7) is 10.4. The molecular formula is C26H34N4O2. The number of aliphatic hydroxyl groups is 1. The topological polar surface area (TPSA) is 69.6 Å². The van der Waals surface area contributed by atoms with E-state index in [0.29, 0.717) is 32.6 Å². The van der Waals surface area contributed by atoms with Gasteiger partial charge >= 0.3 is 0 Å². The van der Waals surface area contributed by atoms with Crippen molar-refractivity contribution in [2.45, 2.75) is 46.1 Å². The first-order chi connectivity index (χ1) is 15.3. The van der Waals surface area contributed by atoms with E-state index in [4.69, 9.17) is 9.97 Å². The molecule has 1 unspecified atom stereocenters. The van der Waals surface area contributed by atoms with Crippen LogP contribution < -0.4 is 4.90 Å². The van der Waals surface area contributed by atoms with Crippen LogP contribution in [-0.4, -0.2) is 57.7 Å². The van der Waals surface area contributed by atoms with Crippen LogP contribution in [0.3, 0.4) is 0 Å². The summed E-state index contributed by atoms with van der Waals surface area (Å²) in [5, 5.41) is 11.3. The van der Waals surface area contributed by atoms with Crippen molar-refractivity contribution < 1.29 is 11.3 Å². The van der Waals surface area contributed by atoms with E-state index in [1.165, 1.54) is 0 Å². The fourth-order valence-electron chi connectivity index (χ4n) is 4.14. The minimum Gasteiger partial charge on any atom is -0.390 e. The summed E-state index contributed by atoms with van der Waals surface area (Å²) >= 11 is 0. The van der Waals surface area contributed by atoms with E-state index in [-0.39, 0.29) is 13.8 Å². The van der Waals surface area contributed by atoms with Crippen LogP contribution in [0.15, 0.2) is 42.5 Å². The van der Waals surface area contributed by atoms with Gasteiger partial charge in [-0.05, 0) is 50.5 Å². The molecule has 1 atom stereocenters. The molecule has 3 aromatic rings. The van der Waals surface area contributed by atoms with E-state index in [9.17, 15) is 9.90 Å². The summed E-state index contributed by atoms with van der Waals surface area (Å²) in [6.07, 6.45) is 0.726. The first-order valence-corrected chi connectivity index (χ1v) is 11.4. The minimum atomic E-state index is -0.947. The van der Waals surface area contributed by atoms with Crippen LogP contribution in [0.25, 0.3) is 22.3 Å². The second-order valence-corrected chi connectivity index (χ2v) is 9.10. The van der Waals surface area contributed by atoms with E-state index in [1.807, 2.05) is 24.0 Å². The quantitative estimate of drug-likeness (QED) is 0.646. The summed E-state index contributed by atoms with van der Waals surface area (Å²) in [5.41, 5.74) is 3.33. The molecule has 6 heteroatoms. The first-order valence-electron chi connectivity index (χ1n) is 11.4. The lowest BCUT2D eigenvalue weighted by atomic mass is 9.98. The summed E-state index contributed by atoms with van der Waals surface area (Å²) in [6, 6.07) is 14.5. The molecule has 1 N–H and O–H groups in total. The second-order valence-electron chi connectivity index (χ2n) is 9.10. The highest BCUT2D eigenvalue weighted by molar-refractivity contribution is 5.92. The normalized spacial score (nSPS) is 16.3. The molecule has 0 saturated carbocycles. The molecule has 1 saturated heterocycles. The van der Waals surface area contributed by atoms with Gasteiger partial charge in [0.2, 0.25) is 5.91 Å². The van der Waals surface area contributed by atoms with Gasteiger partial charge < -0.3 is 14.9 Å². The third kappa shape index (κ3) is 4.60. The van der Waals surface area contributed by atoms with Crippen LogP contribution in [0.4, 0.5) is 5.82 Å². The van der Waals surface area contributed by atoms with Gasteiger partial charge in [-0.15, -0.1) is 0 Å². The molecule has 1 aliphatic heterocycles. The van der Waals surface area contributed by atoms with Crippen molar-refractivity contribution in [1.82, 2.24) is 14.9 Å². The molecule has 0 radical (unpaired) electrons. The van der Waals surface area contributed by atoms with Gasteiger partial charge in [0.25, 0.3) is 0 Å². The Bertz CT molecular complexity index is 1140. The van der Waals surface area contributed by atoms with Gasteiger partial charge in [-0.1, -0.05) is 37.3 Å². The van der Waals surface area contributed by atoms with Crippen molar-refractivity contribution in [2.75, 3.05) is 31.1 Å². The predicted octanol–water partition coefficient (Wildman–Crippen LogP) is 4.36. The van der Waals surface area contributed by atoms with Crippen molar-refractivity contribution >= 4 is 22.6 Å². The van der Waals surface area contributed by atoms with Gasteiger partial charge in [-0.2, -0.15) is 0 Å². The second kappa shape index (κ2) is 8.87. The zero-order valence-electron chi connectivity index (χ0n) is 19.4. The highest BCUT2D eigenvalue weighted by Gasteiger charge is 2.28. The monoisotopic (exact) mass is 434 g/mol. The number of carbonyl (C=O) groups excluding carboxylic acids is 1. The third-order valence-corrected chi connectivity index (χ3v) is 6.44. The zero-order valence-corrected chi connectivity index (χ0v) is 19.4. The van der Waals surface area contributed by atoms with Crippen LogP contribution in [-0.2, 0) is 4.79 Å². The number of carbonyl (C=O) groups is 1. The smallest absolute Gasteiger partial charge is 0.225 e. The highest BCUT2D eigenvalue weighted by Crippen LogP contribution is 2.30. The lowest BCUT2D eigenvalue weighted by molar-refractivity contribution is -0.136.